The lowest BCUT2D eigenvalue weighted by Crippen LogP contribution is -2.76. The first-order chi connectivity index (χ1) is 14.8. The monoisotopic (exact) mass is 429 g/mol. The highest BCUT2D eigenvalue weighted by Gasteiger charge is 2.81. The zero-order chi connectivity index (χ0) is 21.8. The molecule has 4 fully saturated rings. The van der Waals surface area contributed by atoms with Gasteiger partial charge in [0.05, 0.1) is 19.6 Å². The Labute approximate surface area is 184 Å². The molecule has 6 rings (SSSR count). The zero-order valence-corrected chi connectivity index (χ0v) is 19.0. The number of nitrogens with zero attached hydrogens (tertiary/aromatic N) is 1. The van der Waals surface area contributed by atoms with Crippen LogP contribution in [0, 0.1) is 40.4 Å². The lowest BCUT2D eigenvalue weighted by Gasteiger charge is -2.69. The van der Waals surface area contributed by atoms with Crippen LogP contribution in [0.5, 0.6) is 0 Å². The summed E-state index contributed by atoms with van der Waals surface area (Å²) in [6.07, 6.45) is 6.72. The van der Waals surface area contributed by atoms with Crippen LogP contribution < -0.4 is 0 Å². The van der Waals surface area contributed by atoms with Crippen LogP contribution >= 0.6 is 0 Å². The minimum Gasteiger partial charge on any atom is -0.469 e. The zero-order valence-electron chi connectivity index (χ0n) is 19.0. The van der Waals surface area contributed by atoms with Gasteiger partial charge in [0.15, 0.2) is 0 Å². The number of esters is 2. The highest BCUT2D eigenvalue weighted by molar-refractivity contribution is 5.75. The third-order valence-corrected chi connectivity index (χ3v) is 10.6. The number of piperidine rings is 1. The average molecular weight is 430 g/mol. The van der Waals surface area contributed by atoms with E-state index >= 15 is 0 Å². The molecule has 0 aromatic rings. The number of methoxy groups -OCH3 is 1. The predicted octanol–water partition coefficient (Wildman–Crippen LogP) is 2.90. The summed E-state index contributed by atoms with van der Waals surface area (Å²) < 4.78 is 11.1. The van der Waals surface area contributed by atoms with Gasteiger partial charge in [-0.25, -0.2) is 0 Å². The van der Waals surface area contributed by atoms with Gasteiger partial charge in [-0.2, -0.15) is 0 Å². The summed E-state index contributed by atoms with van der Waals surface area (Å²) >= 11 is 0. The molecule has 0 radical (unpaired) electrons. The van der Waals surface area contributed by atoms with Crippen LogP contribution in [0.1, 0.15) is 58.8 Å². The molecular weight excluding hydrogens is 394 g/mol. The van der Waals surface area contributed by atoms with E-state index in [0.29, 0.717) is 24.9 Å². The van der Waals surface area contributed by atoms with E-state index in [4.69, 9.17) is 9.47 Å². The van der Waals surface area contributed by atoms with E-state index in [9.17, 15) is 14.7 Å². The minimum atomic E-state index is -0.961. The Bertz CT molecular complexity index is 883. The lowest BCUT2D eigenvalue weighted by molar-refractivity contribution is -0.306. The van der Waals surface area contributed by atoms with Crippen molar-refractivity contribution < 1.29 is 24.2 Å². The smallest absolute Gasteiger partial charge is 0.309 e. The Balaban J connectivity index is 1.62. The van der Waals surface area contributed by atoms with E-state index in [1.165, 1.54) is 25.2 Å². The highest BCUT2D eigenvalue weighted by atomic mass is 16.5. The summed E-state index contributed by atoms with van der Waals surface area (Å²) in [5.41, 5.74) is 1.09. The normalized spacial score (nSPS) is 49.6. The fraction of sp³-hybridized carbons (Fsp3) is 0.840. The number of hydrogen-bond acceptors (Lipinski definition) is 6. The maximum Gasteiger partial charge on any atom is 0.309 e. The quantitative estimate of drug-likeness (QED) is 0.549. The summed E-state index contributed by atoms with van der Waals surface area (Å²) in [4.78, 5) is 27.4. The molecule has 6 aliphatic rings. The summed E-state index contributed by atoms with van der Waals surface area (Å²) in [5.74, 6) is 0.557. The van der Waals surface area contributed by atoms with Gasteiger partial charge in [-0.3, -0.25) is 14.5 Å². The number of carbonyl (C=O) groups excluding carboxylic acids is 2. The second-order valence-electron chi connectivity index (χ2n) is 11.3. The number of hydrogen-bond donors (Lipinski definition) is 1. The Kier molecular flexibility index (Phi) is 4.14. The molecule has 1 spiro atoms. The van der Waals surface area contributed by atoms with Crippen LogP contribution in [0.2, 0.25) is 0 Å². The molecule has 6 nitrogen and oxygen atoms in total. The molecule has 1 N–H and O–H groups in total. The topological polar surface area (TPSA) is 76.1 Å². The largest absolute Gasteiger partial charge is 0.469 e. The summed E-state index contributed by atoms with van der Waals surface area (Å²) in [6.45, 7) is 5.91. The van der Waals surface area contributed by atoms with Crippen molar-refractivity contribution in [3.63, 3.8) is 0 Å². The lowest BCUT2D eigenvalue weighted by atomic mass is 9.42. The van der Waals surface area contributed by atoms with Crippen molar-refractivity contribution in [1.29, 1.82) is 0 Å². The van der Waals surface area contributed by atoms with Gasteiger partial charge in [0.1, 0.15) is 5.72 Å². The van der Waals surface area contributed by atoms with Crippen LogP contribution in [-0.4, -0.2) is 54.5 Å². The summed E-state index contributed by atoms with van der Waals surface area (Å²) in [6, 6.07) is 0. The molecule has 1 unspecified atom stereocenters. The molecule has 2 heterocycles. The first-order valence-corrected chi connectivity index (χ1v) is 12.2. The first-order valence-electron chi connectivity index (χ1n) is 12.2. The maximum absolute atomic E-state index is 13.0. The van der Waals surface area contributed by atoms with Crippen molar-refractivity contribution >= 4 is 11.9 Å². The van der Waals surface area contributed by atoms with Gasteiger partial charge in [-0.15, -0.1) is 0 Å². The standard InChI is InChI=1S/C25H35NO5/c1-14-11-26-12-17-6-4-16-5-7-18-19(22(28)30-3)10-24(21(16)18)23(17,13-31-15(2)27)9-8-20(14)25(24,26)29/h14,17-20,29H,4-13H2,1-3H3/t14-,17+,18-,19-,20-,23-,24?,25-/m1/s1. The van der Waals surface area contributed by atoms with E-state index in [-0.39, 0.29) is 35.1 Å². The SMILES string of the molecule is COC(=O)[C@@H]1CC23C4=C(CC[C@H]5CN6C[C@@H](C)[C@@H](CC[C@@]52COC(C)=O)[C@]63O)CC[C@@H]41. The fourth-order valence-corrected chi connectivity index (χ4v) is 9.73. The molecule has 2 aliphatic heterocycles. The third-order valence-electron chi connectivity index (χ3n) is 10.6. The third kappa shape index (κ3) is 2.12. The van der Waals surface area contributed by atoms with Gasteiger partial charge in [-0.1, -0.05) is 18.1 Å². The molecule has 31 heavy (non-hydrogen) atoms. The fourth-order valence-electron chi connectivity index (χ4n) is 9.73. The first kappa shape index (κ1) is 20.2. The van der Waals surface area contributed by atoms with Crippen LogP contribution in [0.3, 0.4) is 0 Å². The summed E-state index contributed by atoms with van der Waals surface area (Å²) in [5, 5.41) is 12.8. The molecule has 2 saturated carbocycles. The Morgan fingerprint density at radius 3 is 2.71 bits per heavy atom. The molecular formula is C25H35NO5. The maximum atomic E-state index is 13.0. The molecule has 4 aliphatic carbocycles. The van der Waals surface area contributed by atoms with E-state index < -0.39 is 11.1 Å². The number of allylic oxidation sites excluding steroid dienone is 1. The Morgan fingerprint density at radius 1 is 1.19 bits per heavy atom. The van der Waals surface area contributed by atoms with Crippen molar-refractivity contribution in [3.05, 3.63) is 11.1 Å². The molecule has 170 valence electrons. The molecule has 6 heteroatoms. The number of aliphatic hydroxyl groups is 1. The van der Waals surface area contributed by atoms with Crippen molar-refractivity contribution in [1.82, 2.24) is 4.90 Å². The van der Waals surface area contributed by atoms with Crippen LogP contribution in [0.15, 0.2) is 11.1 Å². The predicted molar refractivity (Wildman–Crippen MR) is 113 cm³/mol. The number of rotatable bonds is 3. The molecule has 0 aromatic carbocycles. The Morgan fingerprint density at radius 2 is 1.97 bits per heavy atom. The van der Waals surface area contributed by atoms with Gasteiger partial charge in [0.2, 0.25) is 0 Å². The highest BCUT2D eigenvalue weighted by Crippen LogP contribution is 2.79. The van der Waals surface area contributed by atoms with E-state index in [1.807, 2.05) is 0 Å². The van der Waals surface area contributed by atoms with Crippen molar-refractivity contribution in [3.8, 4) is 0 Å². The molecule has 2 saturated heterocycles. The number of ether oxygens (including phenoxy) is 2. The van der Waals surface area contributed by atoms with Gasteiger partial charge in [-0.05, 0) is 62.7 Å². The second kappa shape index (κ2) is 6.34. The molecule has 0 aromatic heterocycles. The van der Waals surface area contributed by atoms with Gasteiger partial charge < -0.3 is 14.6 Å². The van der Waals surface area contributed by atoms with Gasteiger partial charge >= 0.3 is 11.9 Å². The molecule has 4 bridgehead atoms. The van der Waals surface area contributed by atoms with Gasteiger partial charge in [0.25, 0.3) is 0 Å². The van der Waals surface area contributed by atoms with E-state index in [1.54, 1.807) is 0 Å². The minimum absolute atomic E-state index is 0.136. The summed E-state index contributed by atoms with van der Waals surface area (Å²) in [7, 11) is 1.49. The van der Waals surface area contributed by atoms with Crippen molar-refractivity contribution in [2.24, 2.45) is 40.4 Å². The number of carbonyl (C=O) groups is 2. The molecule has 0 amide bonds. The average Bonchev–Trinajstić information content (AvgIpc) is 3.36. The van der Waals surface area contributed by atoms with E-state index in [0.717, 1.165) is 51.6 Å². The van der Waals surface area contributed by atoms with Gasteiger partial charge in [0, 0.05) is 36.8 Å². The van der Waals surface area contributed by atoms with Crippen LogP contribution in [0.4, 0.5) is 0 Å². The van der Waals surface area contributed by atoms with Crippen molar-refractivity contribution in [2.75, 3.05) is 26.8 Å². The second-order valence-corrected chi connectivity index (χ2v) is 11.3. The molecule has 8 atom stereocenters. The van der Waals surface area contributed by atoms with Crippen molar-refractivity contribution in [2.45, 2.75) is 64.5 Å². The Hall–Kier alpha value is -1.40. The van der Waals surface area contributed by atoms with E-state index in [2.05, 4.69) is 11.8 Å². The van der Waals surface area contributed by atoms with Crippen LogP contribution in [-0.2, 0) is 19.1 Å². The van der Waals surface area contributed by atoms with Crippen LogP contribution in [0.25, 0.3) is 0 Å².